The van der Waals surface area contributed by atoms with Gasteiger partial charge >= 0.3 is 0 Å². The molecule has 0 aliphatic rings. The molecule has 0 aliphatic heterocycles. The van der Waals surface area contributed by atoms with Crippen LogP contribution in [0.4, 0.5) is 21.6 Å². The minimum absolute atomic E-state index is 0.0538. The highest BCUT2D eigenvalue weighted by Gasteiger charge is 2.08. The summed E-state index contributed by atoms with van der Waals surface area (Å²) in [5.74, 6) is 0.0666. The molecule has 6 heteroatoms. The van der Waals surface area contributed by atoms with Crippen molar-refractivity contribution >= 4 is 28.1 Å². The number of pyridine rings is 1. The van der Waals surface area contributed by atoms with Crippen LogP contribution in [0.1, 0.15) is 0 Å². The number of nitrogen functional groups attached to an aromatic ring is 1. The van der Waals surface area contributed by atoms with Gasteiger partial charge in [0, 0.05) is 12.4 Å². The molecule has 0 amide bonds. The summed E-state index contributed by atoms with van der Waals surface area (Å²) in [6, 6.07) is 6.34. The van der Waals surface area contributed by atoms with Crippen molar-refractivity contribution in [2.75, 3.05) is 11.1 Å². The van der Waals surface area contributed by atoms with Crippen LogP contribution < -0.4 is 11.1 Å². The Morgan fingerprint density at radius 3 is 2.95 bits per heavy atom. The van der Waals surface area contributed by atoms with E-state index in [1.165, 1.54) is 12.4 Å². The number of fused-ring (bicyclic) bond motifs is 1. The van der Waals surface area contributed by atoms with Crippen molar-refractivity contribution in [2.24, 2.45) is 0 Å². The van der Waals surface area contributed by atoms with E-state index in [1.54, 1.807) is 30.6 Å². The standard InChI is InChI=1S/C13H10FN5/c14-9-2-1-3-11(12(9)15)19-13-8-6-16-5-4-10(8)17-7-18-13/h1-7H,15H2,(H,17,18,19). The third-order valence-electron chi connectivity index (χ3n) is 2.74. The smallest absolute Gasteiger partial charge is 0.148 e. The van der Waals surface area contributed by atoms with Crippen LogP contribution in [0.25, 0.3) is 10.9 Å². The zero-order valence-electron chi connectivity index (χ0n) is 9.84. The Hall–Kier alpha value is -2.76. The number of aromatic nitrogens is 3. The Bertz CT molecular complexity index is 739. The highest BCUT2D eigenvalue weighted by molar-refractivity contribution is 5.90. The minimum Gasteiger partial charge on any atom is -0.395 e. The number of benzene rings is 1. The predicted molar refractivity (Wildman–Crippen MR) is 71.4 cm³/mol. The van der Waals surface area contributed by atoms with Crippen LogP contribution in [0.5, 0.6) is 0 Å². The molecule has 0 radical (unpaired) electrons. The molecule has 94 valence electrons. The second-order valence-corrected chi connectivity index (χ2v) is 3.94. The van der Waals surface area contributed by atoms with Gasteiger partial charge in [0.05, 0.1) is 22.3 Å². The van der Waals surface area contributed by atoms with E-state index in [9.17, 15) is 4.39 Å². The largest absolute Gasteiger partial charge is 0.395 e. The number of hydrogen-bond acceptors (Lipinski definition) is 5. The molecular formula is C13H10FN5. The average Bonchev–Trinajstić information content (AvgIpc) is 2.44. The third-order valence-corrected chi connectivity index (χ3v) is 2.74. The number of nitrogens with one attached hydrogen (secondary N) is 1. The van der Waals surface area contributed by atoms with Gasteiger partial charge in [0.25, 0.3) is 0 Å². The summed E-state index contributed by atoms with van der Waals surface area (Å²) in [6.45, 7) is 0. The Morgan fingerprint density at radius 2 is 2.05 bits per heavy atom. The van der Waals surface area contributed by atoms with Crippen molar-refractivity contribution in [2.45, 2.75) is 0 Å². The second-order valence-electron chi connectivity index (χ2n) is 3.94. The summed E-state index contributed by atoms with van der Waals surface area (Å²) < 4.78 is 13.4. The van der Waals surface area contributed by atoms with Crippen molar-refractivity contribution in [3.05, 3.63) is 48.8 Å². The zero-order chi connectivity index (χ0) is 13.2. The van der Waals surface area contributed by atoms with Gasteiger partial charge in [-0.15, -0.1) is 0 Å². The minimum atomic E-state index is -0.471. The molecule has 0 bridgehead atoms. The summed E-state index contributed by atoms with van der Waals surface area (Å²) in [6.07, 6.45) is 4.73. The van der Waals surface area contributed by atoms with Crippen LogP contribution >= 0.6 is 0 Å². The van der Waals surface area contributed by atoms with Crippen LogP contribution in [0.15, 0.2) is 43.0 Å². The van der Waals surface area contributed by atoms with Gasteiger partial charge in [0.15, 0.2) is 0 Å². The van der Waals surface area contributed by atoms with Gasteiger partial charge in [-0.1, -0.05) is 6.07 Å². The molecule has 3 aromatic rings. The highest BCUT2D eigenvalue weighted by atomic mass is 19.1. The summed E-state index contributed by atoms with van der Waals surface area (Å²) in [5, 5.41) is 3.74. The number of para-hydroxylation sites is 1. The predicted octanol–water partition coefficient (Wildman–Crippen LogP) is 2.49. The number of anilines is 3. The van der Waals surface area contributed by atoms with Crippen LogP contribution in [-0.4, -0.2) is 15.0 Å². The van der Waals surface area contributed by atoms with Crippen LogP contribution in [0.2, 0.25) is 0 Å². The third kappa shape index (κ3) is 2.03. The Labute approximate surface area is 108 Å². The average molecular weight is 255 g/mol. The Morgan fingerprint density at radius 1 is 1.16 bits per heavy atom. The molecule has 0 spiro atoms. The number of halogens is 1. The first-order chi connectivity index (χ1) is 9.25. The lowest BCUT2D eigenvalue weighted by atomic mass is 10.2. The van der Waals surface area contributed by atoms with Gasteiger partial charge in [-0.05, 0) is 18.2 Å². The molecule has 3 N–H and O–H groups in total. The Kier molecular flexibility index (Phi) is 2.68. The molecule has 3 rings (SSSR count). The monoisotopic (exact) mass is 255 g/mol. The molecule has 0 unspecified atom stereocenters. The lowest BCUT2D eigenvalue weighted by Gasteiger charge is -2.10. The van der Waals surface area contributed by atoms with Gasteiger partial charge < -0.3 is 11.1 Å². The molecule has 0 atom stereocenters. The van der Waals surface area contributed by atoms with E-state index < -0.39 is 5.82 Å². The van der Waals surface area contributed by atoms with E-state index in [2.05, 4.69) is 20.3 Å². The van der Waals surface area contributed by atoms with Crippen molar-refractivity contribution in [3.63, 3.8) is 0 Å². The summed E-state index contributed by atoms with van der Waals surface area (Å²) in [4.78, 5) is 12.3. The molecule has 0 aliphatic carbocycles. The summed E-state index contributed by atoms with van der Waals surface area (Å²) >= 11 is 0. The van der Waals surface area contributed by atoms with Crippen LogP contribution in [-0.2, 0) is 0 Å². The normalized spacial score (nSPS) is 10.6. The first-order valence-electron chi connectivity index (χ1n) is 5.61. The van der Waals surface area contributed by atoms with E-state index in [4.69, 9.17) is 5.73 Å². The maximum atomic E-state index is 13.4. The maximum absolute atomic E-state index is 13.4. The lowest BCUT2D eigenvalue weighted by molar-refractivity contribution is 0.633. The molecule has 0 saturated heterocycles. The molecular weight excluding hydrogens is 245 g/mol. The number of rotatable bonds is 2. The van der Waals surface area contributed by atoms with Crippen molar-refractivity contribution in [1.82, 2.24) is 15.0 Å². The first-order valence-corrected chi connectivity index (χ1v) is 5.61. The lowest BCUT2D eigenvalue weighted by Crippen LogP contribution is -2.01. The molecule has 5 nitrogen and oxygen atoms in total. The van der Waals surface area contributed by atoms with Gasteiger partial charge in [0.2, 0.25) is 0 Å². The van der Waals surface area contributed by atoms with E-state index >= 15 is 0 Å². The van der Waals surface area contributed by atoms with Crippen molar-refractivity contribution in [3.8, 4) is 0 Å². The molecule has 2 aromatic heterocycles. The fourth-order valence-corrected chi connectivity index (χ4v) is 1.77. The maximum Gasteiger partial charge on any atom is 0.148 e. The molecule has 0 saturated carbocycles. The molecule has 2 heterocycles. The zero-order valence-corrected chi connectivity index (χ0v) is 9.84. The molecule has 0 fully saturated rings. The SMILES string of the molecule is Nc1c(F)cccc1Nc1ncnc2ccncc12. The van der Waals surface area contributed by atoms with Crippen LogP contribution in [0.3, 0.4) is 0 Å². The van der Waals surface area contributed by atoms with Gasteiger partial charge in [-0.2, -0.15) is 0 Å². The number of hydrogen-bond donors (Lipinski definition) is 2. The van der Waals surface area contributed by atoms with Crippen molar-refractivity contribution < 1.29 is 4.39 Å². The highest BCUT2D eigenvalue weighted by Crippen LogP contribution is 2.27. The number of nitrogens with zero attached hydrogens (tertiary/aromatic N) is 3. The fourth-order valence-electron chi connectivity index (χ4n) is 1.77. The van der Waals surface area contributed by atoms with E-state index in [-0.39, 0.29) is 5.69 Å². The van der Waals surface area contributed by atoms with Gasteiger partial charge in [-0.25, -0.2) is 14.4 Å². The van der Waals surface area contributed by atoms with Gasteiger partial charge in [0.1, 0.15) is 18.0 Å². The van der Waals surface area contributed by atoms with E-state index in [1.807, 2.05) is 0 Å². The molecule has 1 aromatic carbocycles. The second kappa shape index (κ2) is 4.49. The first kappa shape index (κ1) is 11.3. The van der Waals surface area contributed by atoms with Gasteiger partial charge in [-0.3, -0.25) is 4.98 Å². The summed E-state index contributed by atoms with van der Waals surface area (Å²) in [7, 11) is 0. The quantitative estimate of drug-likeness (QED) is 0.688. The Balaban J connectivity index is 2.09. The fraction of sp³-hybridized carbons (Fsp3) is 0. The van der Waals surface area contributed by atoms with Crippen molar-refractivity contribution in [1.29, 1.82) is 0 Å². The molecule has 19 heavy (non-hydrogen) atoms. The number of nitrogens with two attached hydrogens (primary N) is 1. The van der Waals surface area contributed by atoms with Crippen LogP contribution in [0, 0.1) is 5.82 Å². The van der Waals surface area contributed by atoms with E-state index in [0.717, 1.165) is 10.9 Å². The summed E-state index contributed by atoms with van der Waals surface area (Å²) in [5.41, 5.74) is 6.95. The topological polar surface area (TPSA) is 76.7 Å². The van der Waals surface area contributed by atoms with E-state index in [0.29, 0.717) is 11.5 Å².